The number of sulfonamides is 1. The summed E-state index contributed by atoms with van der Waals surface area (Å²) in [4.78, 5) is 23.9. The molecule has 7 nitrogen and oxygen atoms in total. The van der Waals surface area contributed by atoms with Crippen LogP contribution in [-0.4, -0.2) is 41.7 Å². The second-order valence-electron chi connectivity index (χ2n) is 9.39. The maximum Gasteiger partial charge on any atom is 0.245 e. The van der Waals surface area contributed by atoms with Gasteiger partial charge >= 0.3 is 0 Å². The summed E-state index contributed by atoms with van der Waals surface area (Å²) in [5.41, 5.74) is 3.88. The molecule has 1 aliphatic rings. The molecule has 11 heteroatoms. The first kappa shape index (κ1) is 26.3. The third-order valence-corrected chi connectivity index (χ3v) is 9.92. The molecule has 0 atom stereocenters. The molecule has 1 saturated heterocycles. The molecule has 38 heavy (non-hydrogen) atoms. The lowest BCUT2D eigenvalue weighted by atomic mass is 9.96. The first-order valence-electron chi connectivity index (χ1n) is 12.2. The van der Waals surface area contributed by atoms with E-state index in [1.165, 1.54) is 11.3 Å². The first-order valence-corrected chi connectivity index (χ1v) is 14.4. The summed E-state index contributed by atoms with van der Waals surface area (Å²) in [7, 11) is -4.16. The topological polar surface area (TPSA) is 83.5 Å². The largest absolute Gasteiger partial charge is 0.283 e. The fourth-order valence-corrected chi connectivity index (χ4v) is 7.18. The number of amides is 1. The van der Waals surface area contributed by atoms with Gasteiger partial charge in [-0.2, -0.15) is 4.31 Å². The highest BCUT2D eigenvalue weighted by molar-refractivity contribution is 7.89. The Morgan fingerprint density at radius 3 is 2.58 bits per heavy atom. The van der Waals surface area contributed by atoms with Gasteiger partial charge in [-0.25, -0.2) is 22.2 Å². The van der Waals surface area contributed by atoms with Crippen molar-refractivity contribution in [1.29, 1.82) is 0 Å². The third kappa shape index (κ3) is 5.05. The molecule has 1 aliphatic heterocycles. The lowest BCUT2D eigenvalue weighted by Crippen LogP contribution is -2.44. The van der Waals surface area contributed by atoms with Gasteiger partial charge in [-0.05, 0) is 67.6 Å². The summed E-state index contributed by atoms with van der Waals surface area (Å²) in [6.07, 6.45) is 3.91. The van der Waals surface area contributed by atoms with E-state index in [-0.39, 0.29) is 38.4 Å². The van der Waals surface area contributed by atoms with Crippen LogP contribution in [0.2, 0.25) is 0 Å². The zero-order valence-electron chi connectivity index (χ0n) is 20.9. The van der Waals surface area contributed by atoms with Crippen LogP contribution in [0.4, 0.5) is 13.9 Å². The van der Waals surface area contributed by atoms with Crippen molar-refractivity contribution in [2.24, 2.45) is 5.92 Å². The number of piperidine rings is 1. The molecule has 0 aliphatic carbocycles. The molecular weight excluding hydrogens is 530 g/mol. The molecule has 1 fully saturated rings. The van der Waals surface area contributed by atoms with Gasteiger partial charge in [0.25, 0.3) is 0 Å². The van der Waals surface area contributed by atoms with E-state index in [0.29, 0.717) is 11.2 Å². The normalized spacial score (nSPS) is 15.2. The number of carbonyl (C=O) groups excluding carboxylic acids is 1. The summed E-state index contributed by atoms with van der Waals surface area (Å²) < 4.78 is 55.7. The van der Waals surface area contributed by atoms with Gasteiger partial charge in [0.1, 0.15) is 16.5 Å². The number of anilines is 1. The molecule has 3 heterocycles. The molecule has 0 unspecified atom stereocenters. The number of aromatic nitrogens is 2. The number of hydrogen-bond donors (Lipinski definition) is 0. The second-order valence-corrected chi connectivity index (χ2v) is 12.3. The van der Waals surface area contributed by atoms with E-state index in [2.05, 4.69) is 4.98 Å². The Labute approximate surface area is 223 Å². The van der Waals surface area contributed by atoms with E-state index in [1.807, 2.05) is 38.1 Å². The predicted molar refractivity (Wildman–Crippen MR) is 142 cm³/mol. The predicted octanol–water partition coefficient (Wildman–Crippen LogP) is 5.22. The van der Waals surface area contributed by atoms with Crippen LogP contribution >= 0.6 is 11.3 Å². The van der Waals surface area contributed by atoms with Gasteiger partial charge < -0.3 is 0 Å². The zero-order chi connectivity index (χ0) is 27.0. The summed E-state index contributed by atoms with van der Waals surface area (Å²) >= 11 is 1.44. The average molecular weight is 557 g/mol. The average Bonchev–Trinajstić information content (AvgIpc) is 3.34. The van der Waals surface area contributed by atoms with Crippen LogP contribution in [0.25, 0.3) is 10.2 Å². The number of nitrogens with zero attached hydrogens (tertiary/aromatic N) is 4. The minimum absolute atomic E-state index is 0.0500. The summed E-state index contributed by atoms with van der Waals surface area (Å²) in [5.74, 6) is -2.56. The highest BCUT2D eigenvalue weighted by atomic mass is 32.2. The van der Waals surface area contributed by atoms with Gasteiger partial charge in [0.2, 0.25) is 15.9 Å². The summed E-state index contributed by atoms with van der Waals surface area (Å²) in [6.45, 7) is 4.41. The Balaban J connectivity index is 1.39. The second kappa shape index (κ2) is 10.5. The Hall–Kier alpha value is -3.28. The fraction of sp³-hybridized carbons (Fsp3) is 0.296. The number of benzene rings is 2. The molecule has 2 aromatic heterocycles. The number of pyridine rings is 1. The maximum absolute atomic E-state index is 14.2. The Morgan fingerprint density at radius 1 is 1.13 bits per heavy atom. The van der Waals surface area contributed by atoms with Gasteiger partial charge in [0.05, 0.1) is 16.8 Å². The van der Waals surface area contributed by atoms with Crippen LogP contribution in [0.1, 0.15) is 29.5 Å². The van der Waals surface area contributed by atoms with Crippen LogP contribution < -0.4 is 4.90 Å². The minimum Gasteiger partial charge on any atom is -0.283 e. The van der Waals surface area contributed by atoms with Gasteiger partial charge in [-0.3, -0.25) is 14.7 Å². The lowest BCUT2D eigenvalue weighted by Gasteiger charge is -2.33. The number of thiazole rings is 1. The lowest BCUT2D eigenvalue weighted by molar-refractivity contribution is -0.123. The van der Waals surface area contributed by atoms with E-state index < -0.39 is 32.5 Å². The van der Waals surface area contributed by atoms with E-state index in [9.17, 15) is 22.0 Å². The monoisotopic (exact) mass is 556 g/mol. The SMILES string of the molecule is Cc1ccc2sc(N(Cc3cccnc3)C(=O)C3CCN(S(=O)(=O)c4ccc(F)cc4F)CC3)nc2c1C. The van der Waals surface area contributed by atoms with Crippen LogP contribution in [0.15, 0.2) is 59.8 Å². The first-order chi connectivity index (χ1) is 18.1. The van der Waals surface area contributed by atoms with Crippen molar-refractivity contribution in [2.75, 3.05) is 18.0 Å². The quantitative estimate of drug-likeness (QED) is 0.325. The number of aryl methyl sites for hydroxylation is 2. The molecule has 198 valence electrons. The number of carbonyl (C=O) groups is 1. The molecule has 1 amide bonds. The molecule has 0 radical (unpaired) electrons. The number of rotatable bonds is 6. The van der Waals surface area contributed by atoms with Crippen LogP contribution in [0.3, 0.4) is 0 Å². The molecule has 2 aromatic carbocycles. The Kier molecular flexibility index (Phi) is 7.26. The highest BCUT2D eigenvalue weighted by Gasteiger charge is 2.36. The number of hydrogen-bond acceptors (Lipinski definition) is 6. The maximum atomic E-state index is 14.2. The van der Waals surface area contributed by atoms with E-state index in [1.54, 1.807) is 17.3 Å². The van der Waals surface area contributed by atoms with Crippen molar-refractivity contribution in [3.05, 3.63) is 83.2 Å². The van der Waals surface area contributed by atoms with Gasteiger partial charge in [0.15, 0.2) is 5.13 Å². The molecule has 5 rings (SSSR count). The van der Waals surface area contributed by atoms with Gasteiger partial charge in [0, 0.05) is 37.5 Å². The van der Waals surface area contributed by atoms with E-state index >= 15 is 0 Å². The van der Waals surface area contributed by atoms with Crippen molar-refractivity contribution in [3.8, 4) is 0 Å². The molecule has 0 saturated carbocycles. The van der Waals surface area contributed by atoms with Crippen molar-refractivity contribution in [2.45, 2.75) is 38.1 Å². The van der Waals surface area contributed by atoms with E-state index in [0.717, 1.165) is 43.3 Å². The Morgan fingerprint density at radius 2 is 1.89 bits per heavy atom. The molecular formula is C27H26F2N4O3S2. The molecule has 4 aromatic rings. The summed E-state index contributed by atoms with van der Waals surface area (Å²) in [6, 6.07) is 10.1. The number of fused-ring (bicyclic) bond motifs is 1. The molecule has 0 spiro atoms. The zero-order valence-corrected chi connectivity index (χ0v) is 22.5. The van der Waals surface area contributed by atoms with Crippen LogP contribution in [0.5, 0.6) is 0 Å². The van der Waals surface area contributed by atoms with Crippen LogP contribution in [-0.2, 0) is 21.4 Å². The molecule has 0 N–H and O–H groups in total. The van der Waals surface area contributed by atoms with Crippen molar-refractivity contribution in [3.63, 3.8) is 0 Å². The standard InChI is InChI=1S/C27H26F2N4O3S2/c1-17-5-7-23-25(18(17)2)31-27(37-23)33(16-19-4-3-11-30-15-19)26(34)20-9-12-32(13-10-20)38(35,36)24-8-6-21(28)14-22(24)29/h3-8,11,14-15,20H,9-10,12-13,16H2,1-2H3. The highest BCUT2D eigenvalue weighted by Crippen LogP contribution is 2.35. The Bertz CT molecular complexity index is 1600. The number of halogens is 2. The smallest absolute Gasteiger partial charge is 0.245 e. The van der Waals surface area contributed by atoms with Crippen molar-refractivity contribution in [1.82, 2.24) is 14.3 Å². The van der Waals surface area contributed by atoms with Gasteiger partial charge in [-0.15, -0.1) is 0 Å². The van der Waals surface area contributed by atoms with Crippen molar-refractivity contribution < 1.29 is 22.0 Å². The summed E-state index contributed by atoms with van der Waals surface area (Å²) in [5, 5.41) is 0.575. The third-order valence-electron chi connectivity index (χ3n) is 6.95. The molecule has 0 bridgehead atoms. The van der Waals surface area contributed by atoms with Crippen molar-refractivity contribution >= 4 is 42.6 Å². The van der Waals surface area contributed by atoms with E-state index in [4.69, 9.17) is 4.98 Å². The minimum atomic E-state index is -4.16. The van der Waals surface area contributed by atoms with Crippen LogP contribution in [0, 0.1) is 31.4 Å². The fourth-order valence-electron chi connectivity index (χ4n) is 4.63. The van der Waals surface area contributed by atoms with Gasteiger partial charge in [-0.1, -0.05) is 23.5 Å².